The Morgan fingerprint density at radius 3 is 2.25 bits per heavy atom. The molecule has 0 saturated heterocycles. The molecule has 2 N–H and O–H groups in total. The van der Waals surface area contributed by atoms with Crippen molar-refractivity contribution in [2.24, 2.45) is 0 Å². The van der Waals surface area contributed by atoms with Crippen molar-refractivity contribution in [2.45, 2.75) is 51.6 Å². The number of benzene rings is 1. The standard InChI is InChI=1S/C18H23F3N2O5/c1-3-27-16(25)10-14(18(19,20)21)23-15(24)9-12(2)22-17(26)28-11-13-7-5-4-6-8-13/h4-8,12,14H,3,9-11H2,1-2H3,(H,22,26)(H,23,24)/t12-,14-/m0/s1. The maximum absolute atomic E-state index is 13.0. The zero-order valence-electron chi connectivity index (χ0n) is 15.5. The van der Waals surface area contributed by atoms with Gasteiger partial charge in [-0.05, 0) is 19.4 Å². The van der Waals surface area contributed by atoms with Crippen LogP contribution in [-0.2, 0) is 25.7 Å². The normalized spacial score (nSPS) is 13.2. The van der Waals surface area contributed by atoms with Gasteiger partial charge >= 0.3 is 18.2 Å². The summed E-state index contributed by atoms with van der Waals surface area (Å²) in [7, 11) is 0. The van der Waals surface area contributed by atoms with Gasteiger partial charge in [0.05, 0.1) is 13.0 Å². The maximum atomic E-state index is 13.0. The van der Waals surface area contributed by atoms with Gasteiger partial charge in [0.25, 0.3) is 0 Å². The first-order chi connectivity index (χ1) is 13.1. The van der Waals surface area contributed by atoms with Crippen LogP contribution < -0.4 is 10.6 Å². The number of carbonyl (C=O) groups is 3. The average molecular weight is 404 g/mol. The summed E-state index contributed by atoms with van der Waals surface area (Å²) in [6.45, 7) is 2.85. The maximum Gasteiger partial charge on any atom is 0.409 e. The monoisotopic (exact) mass is 404 g/mol. The van der Waals surface area contributed by atoms with E-state index in [9.17, 15) is 27.6 Å². The molecule has 0 aliphatic heterocycles. The largest absolute Gasteiger partial charge is 0.466 e. The van der Waals surface area contributed by atoms with Gasteiger partial charge in [0.2, 0.25) is 5.91 Å². The predicted octanol–water partition coefficient (Wildman–Crippen LogP) is 2.69. The Morgan fingerprint density at radius 1 is 1.04 bits per heavy atom. The lowest BCUT2D eigenvalue weighted by molar-refractivity contribution is -0.172. The van der Waals surface area contributed by atoms with E-state index in [2.05, 4.69) is 10.1 Å². The molecule has 0 radical (unpaired) electrons. The second-order valence-corrected chi connectivity index (χ2v) is 5.98. The Hall–Kier alpha value is -2.78. The summed E-state index contributed by atoms with van der Waals surface area (Å²) >= 11 is 0. The van der Waals surface area contributed by atoms with Crippen molar-refractivity contribution < 1.29 is 37.0 Å². The molecule has 1 aromatic rings. The molecule has 0 saturated carbocycles. The molecule has 10 heteroatoms. The van der Waals surface area contributed by atoms with Gasteiger partial charge < -0.3 is 20.1 Å². The van der Waals surface area contributed by atoms with E-state index in [-0.39, 0.29) is 13.2 Å². The van der Waals surface area contributed by atoms with Crippen LogP contribution >= 0.6 is 0 Å². The van der Waals surface area contributed by atoms with E-state index in [4.69, 9.17) is 4.74 Å². The second-order valence-electron chi connectivity index (χ2n) is 5.98. The van der Waals surface area contributed by atoms with E-state index in [1.807, 2.05) is 0 Å². The number of esters is 1. The highest BCUT2D eigenvalue weighted by Crippen LogP contribution is 2.23. The molecule has 0 bridgehead atoms. The Morgan fingerprint density at radius 2 is 1.68 bits per heavy atom. The Labute approximate surface area is 160 Å². The minimum absolute atomic E-state index is 0.0152. The number of hydrogen-bond acceptors (Lipinski definition) is 5. The topological polar surface area (TPSA) is 93.7 Å². The lowest BCUT2D eigenvalue weighted by Gasteiger charge is -2.22. The SMILES string of the molecule is CCOC(=O)C[C@H](NC(=O)C[C@H](C)NC(=O)OCc1ccccc1)C(F)(F)F. The molecule has 1 rings (SSSR count). The van der Waals surface area contributed by atoms with Gasteiger partial charge in [-0.1, -0.05) is 30.3 Å². The van der Waals surface area contributed by atoms with Gasteiger partial charge in [0.1, 0.15) is 12.6 Å². The Balaban J connectivity index is 2.46. The number of nitrogens with one attached hydrogen (secondary N) is 2. The van der Waals surface area contributed by atoms with E-state index in [0.29, 0.717) is 0 Å². The molecule has 0 aliphatic rings. The number of hydrogen-bond donors (Lipinski definition) is 2. The van der Waals surface area contributed by atoms with E-state index in [1.54, 1.807) is 35.6 Å². The van der Waals surface area contributed by atoms with Gasteiger partial charge in [-0.2, -0.15) is 13.2 Å². The number of amides is 2. The number of halogens is 3. The van der Waals surface area contributed by atoms with Crippen LogP contribution in [-0.4, -0.2) is 42.8 Å². The first-order valence-electron chi connectivity index (χ1n) is 8.60. The molecule has 0 fully saturated rings. The van der Waals surface area contributed by atoms with Crippen molar-refractivity contribution >= 4 is 18.0 Å². The van der Waals surface area contributed by atoms with Gasteiger partial charge in [-0.25, -0.2) is 4.79 Å². The van der Waals surface area contributed by atoms with Crippen molar-refractivity contribution in [2.75, 3.05) is 6.61 Å². The van der Waals surface area contributed by atoms with E-state index < -0.39 is 49.1 Å². The zero-order chi connectivity index (χ0) is 21.2. The summed E-state index contributed by atoms with van der Waals surface area (Å²) in [5.74, 6) is -2.04. The molecule has 2 amide bonds. The molecular formula is C18H23F3N2O5. The quantitative estimate of drug-likeness (QED) is 0.618. The number of carbonyl (C=O) groups excluding carboxylic acids is 3. The third kappa shape index (κ3) is 9.24. The fraction of sp³-hybridized carbons (Fsp3) is 0.500. The second kappa shape index (κ2) is 11.2. The third-order valence-corrected chi connectivity index (χ3v) is 3.48. The molecule has 0 spiro atoms. The molecule has 28 heavy (non-hydrogen) atoms. The lowest BCUT2D eigenvalue weighted by Crippen LogP contribution is -2.48. The van der Waals surface area contributed by atoms with Gasteiger partial charge in [-0.3, -0.25) is 9.59 Å². The van der Waals surface area contributed by atoms with Crippen LogP contribution in [0.1, 0.15) is 32.3 Å². The fourth-order valence-electron chi connectivity index (χ4n) is 2.18. The highest BCUT2D eigenvalue weighted by atomic mass is 19.4. The molecule has 0 aromatic heterocycles. The van der Waals surface area contributed by atoms with Crippen LogP contribution in [0.25, 0.3) is 0 Å². The Kier molecular flexibility index (Phi) is 9.26. The average Bonchev–Trinajstić information content (AvgIpc) is 2.59. The van der Waals surface area contributed by atoms with Crippen molar-refractivity contribution in [3.63, 3.8) is 0 Å². The van der Waals surface area contributed by atoms with Crippen molar-refractivity contribution in [1.82, 2.24) is 10.6 Å². The molecule has 7 nitrogen and oxygen atoms in total. The minimum atomic E-state index is -4.81. The number of rotatable bonds is 9. The van der Waals surface area contributed by atoms with Crippen LogP contribution in [0.5, 0.6) is 0 Å². The van der Waals surface area contributed by atoms with Crippen molar-refractivity contribution in [3.05, 3.63) is 35.9 Å². The smallest absolute Gasteiger partial charge is 0.409 e. The van der Waals surface area contributed by atoms with Crippen LogP contribution in [0.4, 0.5) is 18.0 Å². The Bertz CT molecular complexity index is 652. The molecule has 1 aromatic carbocycles. The van der Waals surface area contributed by atoms with Crippen LogP contribution in [0.2, 0.25) is 0 Å². The predicted molar refractivity (Wildman–Crippen MR) is 93.1 cm³/mol. The number of ether oxygens (including phenoxy) is 2. The summed E-state index contributed by atoms with van der Waals surface area (Å²) in [5.41, 5.74) is 0.759. The fourth-order valence-corrected chi connectivity index (χ4v) is 2.18. The van der Waals surface area contributed by atoms with E-state index in [0.717, 1.165) is 5.56 Å². The number of alkyl halides is 3. The molecule has 0 heterocycles. The van der Waals surface area contributed by atoms with Crippen LogP contribution in [0, 0.1) is 0 Å². The summed E-state index contributed by atoms with van der Waals surface area (Å²) in [6.07, 6.45) is -7.06. The minimum Gasteiger partial charge on any atom is -0.466 e. The highest BCUT2D eigenvalue weighted by molar-refractivity contribution is 5.79. The summed E-state index contributed by atoms with van der Waals surface area (Å²) in [6, 6.07) is 5.72. The highest BCUT2D eigenvalue weighted by Gasteiger charge is 2.42. The van der Waals surface area contributed by atoms with Gasteiger partial charge in [0, 0.05) is 12.5 Å². The summed E-state index contributed by atoms with van der Waals surface area (Å²) < 4.78 is 48.4. The molecule has 2 atom stereocenters. The first kappa shape index (κ1) is 23.3. The van der Waals surface area contributed by atoms with Gasteiger partial charge in [-0.15, -0.1) is 0 Å². The summed E-state index contributed by atoms with van der Waals surface area (Å²) in [5, 5.41) is 4.11. The van der Waals surface area contributed by atoms with E-state index >= 15 is 0 Å². The van der Waals surface area contributed by atoms with Crippen LogP contribution in [0.15, 0.2) is 30.3 Å². The van der Waals surface area contributed by atoms with Crippen molar-refractivity contribution in [1.29, 1.82) is 0 Å². The molecular weight excluding hydrogens is 381 g/mol. The third-order valence-electron chi connectivity index (χ3n) is 3.48. The molecule has 0 aliphatic carbocycles. The van der Waals surface area contributed by atoms with E-state index in [1.165, 1.54) is 13.8 Å². The van der Waals surface area contributed by atoms with Crippen LogP contribution in [0.3, 0.4) is 0 Å². The lowest BCUT2D eigenvalue weighted by atomic mass is 10.1. The first-order valence-corrected chi connectivity index (χ1v) is 8.60. The number of alkyl carbamates (subject to hydrolysis) is 1. The van der Waals surface area contributed by atoms with Crippen molar-refractivity contribution in [3.8, 4) is 0 Å². The van der Waals surface area contributed by atoms with Gasteiger partial charge in [0.15, 0.2) is 0 Å². The zero-order valence-corrected chi connectivity index (χ0v) is 15.5. The summed E-state index contributed by atoms with van der Waals surface area (Å²) in [4.78, 5) is 34.8. The molecule has 156 valence electrons. The molecule has 0 unspecified atom stereocenters.